The molecule has 22 heavy (non-hydrogen) atoms. The summed E-state index contributed by atoms with van der Waals surface area (Å²) in [6.45, 7) is 8.40. The Labute approximate surface area is 135 Å². The molecular formula is C20H28O2. The predicted octanol–water partition coefficient (Wildman–Crippen LogP) is 5.13. The number of hydrogen-bond acceptors (Lipinski definition) is 2. The number of methoxy groups -OCH3 is 2. The van der Waals surface area contributed by atoms with Crippen molar-refractivity contribution in [3.8, 4) is 11.5 Å². The first-order chi connectivity index (χ1) is 10.5. The molecule has 0 heterocycles. The first-order valence-corrected chi connectivity index (χ1v) is 7.82. The van der Waals surface area contributed by atoms with E-state index in [1.807, 2.05) is 0 Å². The minimum Gasteiger partial charge on any atom is -0.496 e. The molecule has 0 saturated heterocycles. The Kier molecular flexibility index (Phi) is 7.51. The third-order valence-electron chi connectivity index (χ3n) is 3.70. The maximum Gasteiger partial charge on any atom is 0.122 e. The first kappa shape index (κ1) is 18.1. The van der Waals surface area contributed by atoms with Crippen LogP contribution in [0.4, 0.5) is 0 Å². The van der Waals surface area contributed by atoms with Crippen LogP contribution in [-0.4, -0.2) is 14.2 Å². The normalized spacial score (nSPS) is 9.73. The van der Waals surface area contributed by atoms with Crippen LogP contribution < -0.4 is 9.47 Å². The molecule has 0 N–H and O–H groups in total. The predicted molar refractivity (Wildman–Crippen MR) is 94.2 cm³/mol. The Balaban J connectivity index is 0.000000220. The second kappa shape index (κ2) is 9.14. The summed E-state index contributed by atoms with van der Waals surface area (Å²) in [5, 5.41) is 0. The topological polar surface area (TPSA) is 18.5 Å². The third-order valence-corrected chi connectivity index (χ3v) is 3.70. The zero-order valence-corrected chi connectivity index (χ0v) is 14.7. The van der Waals surface area contributed by atoms with E-state index in [4.69, 9.17) is 9.47 Å². The average Bonchev–Trinajstić information content (AvgIpc) is 2.55. The molecule has 120 valence electrons. The van der Waals surface area contributed by atoms with Crippen LogP contribution in [0, 0.1) is 13.8 Å². The Bertz CT molecular complexity index is 588. The van der Waals surface area contributed by atoms with Gasteiger partial charge in [-0.1, -0.05) is 38.1 Å². The fourth-order valence-electron chi connectivity index (χ4n) is 2.23. The van der Waals surface area contributed by atoms with Gasteiger partial charge in [0.25, 0.3) is 0 Å². The molecule has 0 aliphatic rings. The minimum atomic E-state index is 0.990. The highest BCUT2D eigenvalue weighted by Gasteiger charge is 1.99. The zero-order valence-electron chi connectivity index (χ0n) is 14.7. The van der Waals surface area contributed by atoms with Crippen LogP contribution in [0.25, 0.3) is 0 Å². The van der Waals surface area contributed by atoms with Crippen LogP contribution in [0.5, 0.6) is 11.5 Å². The zero-order chi connectivity index (χ0) is 16.5. The van der Waals surface area contributed by atoms with Gasteiger partial charge in [0.15, 0.2) is 0 Å². The standard InChI is InChI=1S/2C10H14O/c1-4-9-6-5-8(2)10(7-9)11-3;1-4-9-6-5-8(2)7-10(9)11-3/h2*5-7H,4H2,1-3H3. The molecule has 2 nitrogen and oxygen atoms in total. The molecular weight excluding hydrogens is 272 g/mol. The van der Waals surface area contributed by atoms with Crippen LogP contribution in [0.1, 0.15) is 36.1 Å². The van der Waals surface area contributed by atoms with E-state index in [2.05, 4.69) is 64.1 Å². The van der Waals surface area contributed by atoms with Crippen molar-refractivity contribution in [2.24, 2.45) is 0 Å². The molecule has 2 heteroatoms. The van der Waals surface area contributed by atoms with Crippen molar-refractivity contribution in [3.05, 3.63) is 58.7 Å². The lowest BCUT2D eigenvalue weighted by Gasteiger charge is -2.06. The third kappa shape index (κ3) is 5.10. The number of hydrogen-bond donors (Lipinski definition) is 0. The molecule has 0 aliphatic heterocycles. The van der Waals surface area contributed by atoms with Gasteiger partial charge >= 0.3 is 0 Å². The molecule has 0 fully saturated rings. The van der Waals surface area contributed by atoms with Crippen molar-refractivity contribution in [3.63, 3.8) is 0 Å². The van der Waals surface area contributed by atoms with Gasteiger partial charge in [0, 0.05) is 0 Å². The van der Waals surface area contributed by atoms with Gasteiger partial charge in [0.1, 0.15) is 11.5 Å². The van der Waals surface area contributed by atoms with Crippen molar-refractivity contribution < 1.29 is 9.47 Å². The van der Waals surface area contributed by atoms with Crippen LogP contribution >= 0.6 is 0 Å². The lowest BCUT2D eigenvalue weighted by molar-refractivity contribution is 0.410. The van der Waals surface area contributed by atoms with Crippen molar-refractivity contribution in [2.45, 2.75) is 40.5 Å². The quantitative estimate of drug-likeness (QED) is 0.779. The molecule has 0 saturated carbocycles. The van der Waals surface area contributed by atoms with E-state index < -0.39 is 0 Å². The molecule has 2 aromatic carbocycles. The first-order valence-electron chi connectivity index (χ1n) is 7.82. The summed E-state index contributed by atoms with van der Waals surface area (Å²) in [5.74, 6) is 2.00. The minimum absolute atomic E-state index is 0.990. The molecule has 0 amide bonds. The van der Waals surface area contributed by atoms with Gasteiger partial charge in [0.05, 0.1) is 14.2 Å². The van der Waals surface area contributed by atoms with Crippen LogP contribution in [0.15, 0.2) is 36.4 Å². The van der Waals surface area contributed by atoms with E-state index in [9.17, 15) is 0 Å². The van der Waals surface area contributed by atoms with E-state index >= 15 is 0 Å². The van der Waals surface area contributed by atoms with Gasteiger partial charge < -0.3 is 9.47 Å². The Morgan fingerprint density at radius 2 is 1.45 bits per heavy atom. The monoisotopic (exact) mass is 300 g/mol. The number of rotatable bonds is 4. The maximum atomic E-state index is 5.22. The summed E-state index contributed by atoms with van der Waals surface area (Å²) in [6.07, 6.45) is 2.10. The Hall–Kier alpha value is -1.96. The van der Waals surface area contributed by atoms with Gasteiger partial charge in [-0.3, -0.25) is 0 Å². The summed E-state index contributed by atoms with van der Waals surface area (Å²) in [6, 6.07) is 12.6. The molecule has 0 atom stereocenters. The molecule has 2 rings (SSSR count). The second-order valence-corrected chi connectivity index (χ2v) is 5.33. The average molecular weight is 300 g/mol. The summed E-state index contributed by atoms with van der Waals surface area (Å²) < 4.78 is 10.4. The summed E-state index contributed by atoms with van der Waals surface area (Å²) >= 11 is 0. The number of benzene rings is 2. The molecule has 0 spiro atoms. The largest absolute Gasteiger partial charge is 0.496 e. The number of aryl methyl sites for hydroxylation is 4. The van der Waals surface area contributed by atoms with Gasteiger partial charge in [0.2, 0.25) is 0 Å². The smallest absolute Gasteiger partial charge is 0.122 e. The molecule has 0 radical (unpaired) electrons. The Morgan fingerprint density at radius 1 is 0.773 bits per heavy atom. The van der Waals surface area contributed by atoms with Crippen molar-refractivity contribution in [2.75, 3.05) is 14.2 Å². The summed E-state index contributed by atoms with van der Waals surface area (Å²) in [7, 11) is 3.43. The lowest BCUT2D eigenvalue weighted by atomic mass is 10.1. The van der Waals surface area contributed by atoms with Crippen molar-refractivity contribution >= 4 is 0 Å². The highest BCUT2D eigenvalue weighted by molar-refractivity contribution is 5.37. The van der Waals surface area contributed by atoms with E-state index in [0.29, 0.717) is 0 Å². The van der Waals surface area contributed by atoms with Crippen LogP contribution in [-0.2, 0) is 12.8 Å². The van der Waals surface area contributed by atoms with Crippen molar-refractivity contribution in [1.82, 2.24) is 0 Å². The Morgan fingerprint density at radius 3 is 2.00 bits per heavy atom. The van der Waals surface area contributed by atoms with Crippen molar-refractivity contribution in [1.29, 1.82) is 0 Å². The van der Waals surface area contributed by atoms with Crippen LogP contribution in [0.3, 0.4) is 0 Å². The van der Waals surface area contributed by atoms with E-state index in [1.165, 1.54) is 22.3 Å². The van der Waals surface area contributed by atoms with E-state index in [1.54, 1.807) is 14.2 Å². The van der Waals surface area contributed by atoms with Gasteiger partial charge in [-0.05, 0) is 61.1 Å². The van der Waals surface area contributed by atoms with Gasteiger partial charge in [-0.2, -0.15) is 0 Å². The fraction of sp³-hybridized carbons (Fsp3) is 0.400. The van der Waals surface area contributed by atoms with E-state index in [-0.39, 0.29) is 0 Å². The molecule has 0 aliphatic carbocycles. The summed E-state index contributed by atoms with van der Waals surface area (Å²) in [4.78, 5) is 0. The lowest BCUT2D eigenvalue weighted by Crippen LogP contribution is -1.90. The molecule has 2 aromatic rings. The van der Waals surface area contributed by atoms with E-state index in [0.717, 1.165) is 24.3 Å². The van der Waals surface area contributed by atoms with Crippen LogP contribution in [0.2, 0.25) is 0 Å². The SMILES string of the molecule is CCc1ccc(C)c(OC)c1.CCc1ccc(C)cc1OC. The molecule has 0 unspecified atom stereocenters. The highest BCUT2D eigenvalue weighted by Crippen LogP contribution is 2.20. The maximum absolute atomic E-state index is 5.22. The van der Waals surface area contributed by atoms with Gasteiger partial charge in [-0.15, -0.1) is 0 Å². The fourth-order valence-corrected chi connectivity index (χ4v) is 2.23. The van der Waals surface area contributed by atoms with Gasteiger partial charge in [-0.25, -0.2) is 0 Å². The molecule has 0 aromatic heterocycles. The highest BCUT2D eigenvalue weighted by atomic mass is 16.5. The number of ether oxygens (including phenoxy) is 2. The second-order valence-electron chi connectivity index (χ2n) is 5.33. The molecule has 0 bridgehead atoms. The summed E-state index contributed by atoms with van der Waals surface area (Å²) in [5.41, 5.74) is 5.05.